The third-order valence-electron chi connectivity index (χ3n) is 5.50. The molecule has 1 atom stereocenters. The molecule has 1 aromatic carbocycles. The minimum Gasteiger partial charge on any atom is -0.338 e. The van der Waals surface area contributed by atoms with Crippen LogP contribution in [0.1, 0.15) is 44.6 Å². The van der Waals surface area contributed by atoms with Gasteiger partial charge in [-0.15, -0.1) is 12.4 Å². The molecule has 0 bridgehead atoms. The Labute approximate surface area is 150 Å². The molecule has 2 fully saturated rings. The van der Waals surface area contributed by atoms with E-state index in [1.807, 2.05) is 11.0 Å². The summed E-state index contributed by atoms with van der Waals surface area (Å²) in [6, 6.07) is 6.80. The molecule has 2 aliphatic rings. The van der Waals surface area contributed by atoms with Crippen molar-refractivity contribution in [3.63, 3.8) is 0 Å². The van der Waals surface area contributed by atoms with E-state index in [-0.39, 0.29) is 35.5 Å². The smallest absolute Gasteiger partial charge is 0.226 e. The summed E-state index contributed by atoms with van der Waals surface area (Å²) in [5.41, 5.74) is 0.860. The fraction of sp³-hybridized carbons (Fsp3) is 0.632. The summed E-state index contributed by atoms with van der Waals surface area (Å²) in [7, 11) is 0. The van der Waals surface area contributed by atoms with Gasteiger partial charge in [-0.2, -0.15) is 0 Å². The van der Waals surface area contributed by atoms with Gasteiger partial charge in [0.05, 0.1) is 0 Å². The molecule has 3 rings (SSSR count). The van der Waals surface area contributed by atoms with Crippen LogP contribution in [0.2, 0.25) is 0 Å². The lowest BCUT2D eigenvalue weighted by Gasteiger charge is -2.27. The summed E-state index contributed by atoms with van der Waals surface area (Å²) in [6.45, 7) is 5.29. The molecule has 5 heteroatoms. The largest absolute Gasteiger partial charge is 0.338 e. The van der Waals surface area contributed by atoms with Crippen molar-refractivity contribution in [3.05, 3.63) is 35.6 Å². The van der Waals surface area contributed by atoms with E-state index in [0.29, 0.717) is 12.1 Å². The molecule has 134 valence electrons. The summed E-state index contributed by atoms with van der Waals surface area (Å²) in [6.07, 6.45) is 5.24. The lowest BCUT2D eigenvalue weighted by molar-refractivity contribution is -0.134. The number of unbranched alkanes of at least 4 members (excludes halogenated alkanes) is 1. The monoisotopic (exact) mass is 354 g/mol. The van der Waals surface area contributed by atoms with Gasteiger partial charge in [-0.25, -0.2) is 4.39 Å². The average Bonchev–Trinajstić information content (AvgIpc) is 3.26. The van der Waals surface area contributed by atoms with Crippen molar-refractivity contribution in [1.29, 1.82) is 0 Å². The zero-order valence-corrected chi connectivity index (χ0v) is 15.2. The number of nitrogens with zero attached hydrogens (tertiary/aromatic N) is 1. The predicted octanol–water partition coefficient (Wildman–Crippen LogP) is 3.77. The van der Waals surface area contributed by atoms with E-state index in [4.69, 9.17) is 0 Å². The first kappa shape index (κ1) is 19.2. The first-order valence-corrected chi connectivity index (χ1v) is 8.89. The van der Waals surface area contributed by atoms with Gasteiger partial charge >= 0.3 is 0 Å². The molecule has 0 aromatic heterocycles. The maximum absolute atomic E-state index is 14.0. The first-order chi connectivity index (χ1) is 11.2. The van der Waals surface area contributed by atoms with Crippen molar-refractivity contribution < 1.29 is 9.18 Å². The Hall–Kier alpha value is -1.13. The van der Waals surface area contributed by atoms with E-state index >= 15 is 0 Å². The zero-order chi connectivity index (χ0) is 16.3. The van der Waals surface area contributed by atoms with Crippen LogP contribution in [0.3, 0.4) is 0 Å². The van der Waals surface area contributed by atoms with E-state index in [2.05, 4.69) is 12.2 Å². The van der Waals surface area contributed by atoms with Gasteiger partial charge in [0.2, 0.25) is 5.91 Å². The quantitative estimate of drug-likeness (QED) is 0.843. The lowest BCUT2D eigenvalue weighted by atomic mass is 9.91. The number of halogens is 2. The van der Waals surface area contributed by atoms with E-state index in [1.165, 1.54) is 6.07 Å². The summed E-state index contributed by atoms with van der Waals surface area (Å²) in [5.74, 6) is 0.186. The number of carbonyl (C=O) groups is 1. The van der Waals surface area contributed by atoms with Crippen molar-refractivity contribution in [2.75, 3.05) is 19.6 Å². The van der Waals surface area contributed by atoms with E-state index in [9.17, 15) is 9.18 Å². The Kier molecular flexibility index (Phi) is 6.64. The average molecular weight is 355 g/mol. The molecule has 1 saturated carbocycles. The molecule has 1 aliphatic heterocycles. The molecule has 1 aromatic rings. The maximum Gasteiger partial charge on any atom is 0.226 e. The van der Waals surface area contributed by atoms with Gasteiger partial charge in [0.15, 0.2) is 0 Å². The van der Waals surface area contributed by atoms with Gasteiger partial charge in [-0.3, -0.25) is 4.79 Å². The highest BCUT2D eigenvalue weighted by molar-refractivity contribution is 5.85. The number of carbonyl (C=O) groups excluding carboxylic acids is 1. The number of hydrogen-bond acceptors (Lipinski definition) is 2. The Morgan fingerprint density at radius 3 is 2.71 bits per heavy atom. The van der Waals surface area contributed by atoms with Gasteiger partial charge in [-0.05, 0) is 50.3 Å². The topological polar surface area (TPSA) is 32.3 Å². The molecule has 1 amide bonds. The predicted molar refractivity (Wildman–Crippen MR) is 96.6 cm³/mol. The van der Waals surface area contributed by atoms with Crippen LogP contribution in [-0.2, 0) is 11.3 Å². The van der Waals surface area contributed by atoms with Crippen LogP contribution in [0.25, 0.3) is 0 Å². The fourth-order valence-electron chi connectivity index (χ4n) is 3.84. The molecule has 1 heterocycles. The highest BCUT2D eigenvalue weighted by Crippen LogP contribution is 2.59. The number of benzene rings is 1. The minimum atomic E-state index is -0.214. The number of amides is 1. The summed E-state index contributed by atoms with van der Waals surface area (Å²) >= 11 is 0. The van der Waals surface area contributed by atoms with Gasteiger partial charge in [-0.1, -0.05) is 31.5 Å². The van der Waals surface area contributed by atoms with Gasteiger partial charge < -0.3 is 10.2 Å². The van der Waals surface area contributed by atoms with Crippen molar-refractivity contribution in [2.24, 2.45) is 11.3 Å². The molecule has 24 heavy (non-hydrogen) atoms. The van der Waals surface area contributed by atoms with Gasteiger partial charge in [0, 0.05) is 24.6 Å². The Balaban J connectivity index is 0.00000208. The lowest BCUT2D eigenvalue weighted by Crippen LogP contribution is -2.37. The van der Waals surface area contributed by atoms with Crippen LogP contribution >= 0.6 is 12.4 Å². The Morgan fingerprint density at radius 2 is 2.04 bits per heavy atom. The fourth-order valence-corrected chi connectivity index (χ4v) is 3.84. The molecule has 1 aliphatic carbocycles. The van der Waals surface area contributed by atoms with Crippen molar-refractivity contribution in [3.8, 4) is 0 Å². The number of piperidine rings is 1. The van der Waals surface area contributed by atoms with E-state index in [0.717, 1.165) is 51.7 Å². The third kappa shape index (κ3) is 4.09. The van der Waals surface area contributed by atoms with Crippen LogP contribution in [0, 0.1) is 17.2 Å². The summed E-state index contributed by atoms with van der Waals surface area (Å²) in [5, 5.41) is 3.38. The zero-order valence-electron chi connectivity index (χ0n) is 14.4. The van der Waals surface area contributed by atoms with Crippen molar-refractivity contribution in [2.45, 2.75) is 45.6 Å². The standard InChI is InChI=1S/C19H27FN2O.ClH/c1-2-3-12-22(14-15-6-4-5-7-17(15)20)18(23)16-13-19(16)8-10-21-11-9-19;/h4-7,16,21H,2-3,8-14H2,1H3;1H. The van der Waals surface area contributed by atoms with E-state index < -0.39 is 0 Å². The van der Waals surface area contributed by atoms with Crippen LogP contribution in [0.4, 0.5) is 4.39 Å². The molecular formula is C19H28ClFN2O. The summed E-state index contributed by atoms with van der Waals surface area (Å²) < 4.78 is 14.0. The second-order valence-electron chi connectivity index (χ2n) is 7.07. The van der Waals surface area contributed by atoms with Gasteiger partial charge in [0.25, 0.3) is 0 Å². The van der Waals surface area contributed by atoms with Crippen LogP contribution in [0.15, 0.2) is 24.3 Å². The SMILES string of the molecule is CCCCN(Cc1ccccc1F)C(=O)C1CC12CCNCC2.Cl. The van der Waals surface area contributed by atoms with Crippen molar-refractivity contribution >= 4 is 18.3 Å². The molecular weight excluding hydrogens is 327 g/mol. The Bertz CT molecular complexity index is 560. The minimum absolute atomic E-state index is 0. The van der Waals surface area contributed by atoms with Crippen LogP contribution in [0.5, 0.6) is 0 Å². The molecule has 1 spiro atoms. The van der Waals surface area contributed by atoms with Crippen LogP contribution in [-0.4, -0.2) is 30.4 Å². The number of rotatable bonds is 6. The third-order valence-corrected chi connectivity index (χ3v) is 5.50. The second-order valence-corrected chi connectivity index (χ2v) is 7.07. The van der Waals surface area contributed by atoms with Gasteiger partial charge in [0.1, 0.15) is 5.82 Å². The summed E-state index contributed by atoms with van der Waals surface area (Å²) in [4.78, 5) is 14.9. The van der Waals surface area contributed by atoms with Crippen molar-refractivity contribution in [1.82, 2.24) is 10.2 Å². The van der Waals surface area contributed by atoms with E-state index in [1.54, 1.807) is 12.1 Å². The number of nitrogens with one attached hydrogen (secondary N) is 1. The molecule has 1 saturated heterocycles. The first-order valence-electron chi connectivity index (χ1n) is 8.89. The maximum atomic E-state index is 14.0. The molecule has 3 nitrogen and oxygen atoms in total. The molecule has 1 unspecified atom stereocenters. The number of hydrogen-bond donors (Lipinski definition) is 1. The Morgan fingerprint density at radius 1 is 1.33 bits per heavy atom. The normalized spacial score (nSPS) is 21.2. The molecule has 1 N–H and O–H groups in total. The highest BCUT2D eigenvalue weighted by atomic mass is 35.5. The molecule has 0 radical (unpaired) electrons. The van der Waals surface area contributed by atoms with Crippen LogP contribution < -0.4 is 5.32 Å². The second kappa shape index (κ2) is 8.30. The highest BCUT2D eigenvalue weighted by Gasteiger charge is 2.58.